The molecule has 0 amide bonds. The molecule has 0 bridgehead atoms. The van der Waals surface area contributed by atoms with E-state index in [1.165, 1.54) is 18.2 Å². The highest BCUT2D eigenvalue weighted by molar-refractivity contribution is 6.17. The SMILES string of the molecule is Fc1ccc2c(c1)nc(CCl)n2-c1ccccc1F. The number of fused-ring (bicyclic) bond motifs is 1. The number of hydrogen-bond donors (Lipinski definition) is 0. The summed E-state index contributed by atoms with van der Waals surface area (Å²) in [5, 5.41) is 0. The van der Waals surface area contributed by atoms with Crippen LogP contribution in [0.2, 0.25) is 0 Å². The lowest BCUT2D eigenvalue weighted by Crippen LogP contribution is -2.01. The van der Waals surface area contributed by atoms with Crippen LogP contribution in [0.1, 0.15) is 5.82 Å². The van der Waals surface area contributed by atoms with Crippen molar-refractivity contribution in [3.63, 3.8) is 0 Å². The zero-order valence-corrected chi connectivity index (χ0v) is 10.5. The number of nitrogens with zero attached hydrogens (tertiary/aromatic N) is 2. The topological polar surface area (TPSA) is 17.8 Å². The van der Waals surface area contributed by atoms with Gasteiger partial charge in [-0.1, -0.05) is 12.1 Å². The van der Waals surface area contributed by atoms with Crippen molar-refractivity contribution >= 4 is 22.6 Å². The Kier molecular flexibility index (Phi) is 2.95. The first-order chi connectivity index (χ1) is 9.20. The van der Waals surface area contributed by atoms with E-state index in [2.05, 4.69) is 4.98 Å². The Balaban J connectivity index is 2.36. The van der Waals surface area contributed by atoms with Gasteiger partial charge >= 0.3 is 0 Å². The fourth-order valence-corrected chi connectivity index (χ4v) is 2.27. The molecule has 0 radical (unpaired) electrons. The lowest BCUT2D eigenvalue weighted by Gasteiger charge is -2.08. The number of benzene rings is 2. The summed E-state index contributed by atoms with van der Waals surface area (Å²) in [4.78, 5) is 4.23. The van der Waals surface area contributed by atoms with Gasteiger partial charge in [-0.25, -0.2) is 13.8 Å². The maximum absolute atomic E-state index is 13.9. The average molecular weight is 279 g/mol. The Hall–Kier alpha value is -1.94. The van der Waals surface area contributed by atoms with Gasteiger partial charge in [-0.2, -0.15) is 0 Å². The first-order valence-corrected chi connectivity index (χ1v) is 6.22. The highest BCUT2D eigenvalue weighted by Gasteiger charge is 2.14. The normalized spacial score (nSPS) is 11.1. The Morgan fingerprint density at radius 1 is 1.11 bits per heavy atom. The fraction of sp³-hybridized carbons (Fsp3) is 0.0714. The molecule has 0 aliphatic carbocycles. The molecule has 3 aromatic rings. The van der Waals surface area contributed by atoms with E-state index < -0.39 is 0 Å². The summed E-state index contributed by atoms with van der Waals surface area (Å²) in [6, 6.07) is 10.5. The molecule has 0 aliphatic heterocycles. The zero-order chi connectivity index (χ0) is 13.4. The van der Waals surface area contributed by atoms with Crippen LogP contribution >= 0.6 is 11.6 Å². The molecule has 96 valence electrons. The fourth-order valence-electron chi connectivity index (χ4n) is 2.09. The van der Waals surface area contributed by atoms with E-state index in [1.54, 1.807) is 28.8 Å². The van der Waals surface area contributed by atoms with Gasteiger partial charge in [0.1, 0.15) is 17.5 Å². The van der Waals surface area contributed by atoms with Gasteiger partial charge in [0.05, 0.1) is 22.6 Å². The minimum Gasteiger partial charge on any atom is -0.292 e. The number of alkyl halides is 1. The number of halogens is 3. The largest absolute Gasteiger partial charge is 0.292 e. The first-order valence-electron chi connectivity index (χ1n) is 5.68. The molecule has 0 atom stereocenters. The monoisotopic (exact) mass is 278 g/mol. The van der Waals surface area contributed by atoms with Crippen LogP contribution in [-0.4, -0.2) is 9.55 Å². The molecule has 1 heterocycles. The van der Waals surface area contributed by atoms with Crippen molar-refractivity contribution in [1.29, 1.82) is 0 Å². The third-order valence-corrected chi connectivity index (χ3v) is 3.14. The van der Waals surface area contributed by atoms with Crippen molar-refractivity contribution in [2.24, 2.45) is 0 Å². The summed E-state index contributed by atoms with van der Waals surface area (Å²) in [5.41, 5.74) is 1.44. The van der Waals surface area contributed by atoms with E-state index in [1.807, 2.05) is 0 Å². The van der Waals surface area contributed by atoms with E-state index in [0.717, 1.165) is 0 Å². The van der Waals surface area contributed by atoms with Crippen LogP contribution in [0, 0.1) is 11.6 Å². The van der Waals surface area contributed by atoms with E-state index in [9.17, 15) is 8.78 Å². The summed E-state index contributed by atoms with van der Waals surface area (Å²) in [6.07, 6.45) is 0. The van der Waals surface area contributed by atoms with Gasteiger partial charge < -0.3 is 0 Å². The molecular weight excluding hydrogens is 270 g/mol. The zero-order valence-electron chi connectivity index (χ0n) is 9.78. The van der Waals surface area contributed by atoms with Crippen molar-refractivity contribution in [2.45, 2.75) is 5.88 Å². The molecule has 0 saturated heterocycles. The van der Waals surface area contributed by atoms with Crippen molar-refractivity contribution in [3.05, 3.63) is 59.9 Å². The van der Waals surface area contributed by atoms with Crippen LogP contribution in [0.25, 0.3) is 16.7 Å². The summed E-state index contributed by atoms with van der Waals surface area (Å²) in [7, 11) is 0. The van der Waals surface area contributed by atoms with Gasteiger partial charge in [0.15, 0.2) is 0 Å². The predicted octanol–water partition coefficient (Wildman–Crippen LogP) is 4.04. The Morgan fingerprint density at radius 2 is 1.89 bits per heavy atom. The molecular formula is C14H9ClF2N2. The van der Waals surface area contributed by atoms with Gasteiger partial charge in [0, 0.05) is 6.07 Å². The quantitative estimate of drug-likeness (QED) is 0.647. The van der Waals surface area contributed by atoms with Gasteiger partial charge in [0.25, 0.3) is 0 Å². The molecule has 19 heavy (non-hydrogen) atoms. The second-order valence-electron chi connectivity index (χ2n) is 4.08. The number of rotatable bonds is 2. The minimum atomic E-state index is -0.383. The Labute approximate surface area is 113 Å². The standard InChI is InChI=1S/C14H9ClF2N2/c15-8-14-18-11-7-9(16)5-6-13(11)19(14)12-4-2-1-3-10(12)17/h1-7H,8H2. The molecule has 3 rings (SSSR count). The second kappa shape index (κ2) is 4.63. The van der Waals surface area contributed by atoms with Crippen molar-refractivity contribution in [1.82, 2.24) is 9.55 Å². The van der Waals surface area contributed by atoms with Gasteiger partial charge in [-0.15, -0.1) is 11.6 Å². The van der Waals surface area contributed by atoms with Crippen LogP contribution in [0.15, 0.2) is 42.5 Å². The molecule has 0 fully saturated rings. The van der Waals surface area contributed by atoms with Crippen LogP contribution < -0.4 is 0 Å². The summed E-state index contributed by atoms with van der Waals surface area (Å²) < 4.78 is 28.7. The molecule has 2 aromatic carbocycles. The number of imidazole rings is 1. The van der Waals surface area contributed by atoms with Gasteiger partial charge in [-0.05, 0) is 24.3 Å². The minimum absolute atomic E-state index is 0.116. The van der Waals surface area contributed by atoms with E-state index in [4.69, 9.17) is 11.6 Å². The molecule has 0 saturated carbocycles. The molecule has 2 nitrogen and oxygen atoms in total. The summed E-state index contributed by atoms with van der Waals surface area (Å²) in [5.74, 6) is -0.165. The predicted molar refractivity (Wildman–Crippen MR) is 70.5 cm³/mol. The maximum Gasteiger partial charge on any atom is 0.147 e. The van der Waals surface area contributed by atoms with Crippen LogP contribution in [-0.2, 0) is 5.88 Å². The summed E-state index contributed by atoms with van der Waals surface area (Å²) >= 11 is 5.85. The third kappa shape index (κ3) is 1.98. The van der Waals surface area contributed by atoms with Crippen molar-refractivity contribution in [3.8, 4) is 5.69 Å². The lowest BCUT2D eigenvalue weighted by atomic mass is 10.2. The number of para-hydroxylation sites is 1. The molecule has 0 N–H and O–H groups in total. The summed E-state index contributed by atoms with van der Waals surface area (Å²) in [6.45, 7) is 0. The lowest BCUT2D eigenvalue weighted by molar-refractivity contribution is 0.617. The van der Waals surface area contributed by atoms with Crippen LogP contribution in [0.5, 0.6) is 0 Å². The van der Waals surface area contributed by atoms with Gasteiger partial charge in [0.2, 0.25) is 0 Å². The van der Waals surface area contributed by atoms with Crippen molar-refractivity contribution in [2.75, 3.05) is 0 Å². The molecule has 0 aliphatic rings. The van der Waals surface area contributed by atoms with Crippen LogP contribution in [0.4, 0.5) is 8.78 Å². The molecule has 0 spiro atoms. The molecule has 1 aromatic heterocycles. The van der Waals surface area contributed by atoms with Crippen LogP contribution in [0.3, 0.4) is 0 Å². The van der Waals surface area contributed by atoms with E-state index in [0.29, 0.717) is 22.5 Å². The maximum atomic E-state index is 13.9. The highest BCUT2D eigenvalue weighted by atomic mass is 35.5. The third-order valence-electron chi connectivity index (χ3n) is 2.90. The molecule has 0 unspecified atom stereocenters. The Bertz CT molecular complexity index is 752. The number of hydrogen-bond acceptors (Lipinski definition) is 1. The molecule has 5 heteroatoms. The van der Waals surface area contributed by atoms with E-state index in [-0.39, 0.29) is 17.5 Å². The Morgan fingerprint density at radius 3 is 2.63 bits per heavy atom. The average Bonchev–Trinajstić information content (AvgIpc) is 2.76. The number of aromatic nitrogens is 2. The van der Waals surface area contributed by atoms with E-state index >= 15 is 0 Å². The van der Waals surface area contributed by atoms with Gasteiger partial charge in [-0.3, -0.25) is 4.57 Å². The van der Waals surface area contributed by atoms with Crippen molar-refractivity contribution < 1.29 is 8.78 Å². The second-order valence-corrected chi connectivity index (χ2v) is 4.35. The first kappa shape index (κ1) is 12.1. The smallest absolute Gasteiger partial charge is 0.147 e. The highest BCUT2D eigenvalue weighted by Crippen LogP contribution is 2.24.